The van der Waals surface area contributed by atoms with E-state index in [2.05, 4.69) is 299 Å². The molecule has 0 amide bonds. The van der Waals surface area contributed by atoms with Crippen LogP contribution < -0.4 is 9.80 Å². The van der Waals surface area contributed by atoms with E-state index in [1.807, 2.05) is 0 Å². The van der Waals surface area contributed by atoms with E-state index >= 15 is 0 Å². The van der Waals surface area contributed by atoms with Gasteiger partial charge < -0.3 is 14.4 Å². The van der Waals surface area contributed by atoms with E-state index in [0.29, 0.717) is 0 Å². The Kier molecular flexibility index (Phi) is 10.9. The minimum Gasteiger partial charge on any atom is -0.311 e. The van der Waals surface area contributed by atoms with E-state index in [-0.39, 0.29) is 0 Å². The molecule has 1 heterocycles. The summed E-state index contributed by atoms with van der Waals surface area (Å²) in [5, 5.41) is 2.51. The highest BCUT2D eigenvalue weighted by Crippen LogP contribution is 2.45. The van der Waals surface area contributed by atoms with Crippen LogP contribution in [0, 0.1) is 0 Å². The molecule has 0 saturated heterocycles. The summed E-state index contributed by atoms with van der Waals surface area (Å²) in [5.74, 6) is 0. The molecule has 11 aromatic carbocycles. The Labute approximate surface area is 403 Å². The van der Waals surface area contributed by atoms with Gasteiger partial charge in [0, 0.05) is 50.6 Å². The first kappa shape index (κ1) is 41.3. The zero-order valence-electron chi connectivity index (χ0n) is 38.0. The fourth-order valence-electron chi connectivity index (χ4n) is 9.95. The van der Waals surface area contributed by atoms with Gasteiger partial charge in [0.05, 0.1) is 11.0 Å². The van der Waals surface area contributed by atoms with E-state index in [0.717, 1.165) is 50.9 Å². The van der Waals surface area contributed by atoms with Crippen LogP contribution in [0.15, 0.2) is 285 Å². The molecule has 1 aromatic heterocycles. The summed E-state index contributed by atoms with van der Waals surface area (Å²) in [5.41, 5.74) is 19.5. The molecule has 326 valence electrons. The third-order valence-corrected chi connectivity index (χ3v) is 13.2. The zero-order valence-corrected chi connectivity index (χ0v) is 38.0. The van der Waals surface area contributed by atoms with Gasteiger partial charge in [0.2, 0.25) is 0 Å². The molecule has 0 aliphatic rings. The van der Waals surface area contributed by atoms with E-state index in [1.54, 1.807) is 0 Å². The van der Waals surface area contributed by atoms with Crippen LogP contribution in [0.1, 0.15) is 0 Å². The minimum absolute atomic E-state index is 1.08. The van der Waals surface area contributed by atoms with Crippen molar-refractivity contribution < 1.29 is 0 Å². The summed E-state index contributed by atoms with van der Waals surface area (Å²) < 4.78 is 2.37. The van der Waals surface area contributed by atoms with Crippen molar-refractivity contribution in [1.29, 1.82) is 0 Å². The Morgan fingerprint density at radius 2 is 0.478 bits per heavy atom. The molecule has 0 fully saturated rings. The first-order valence-electron chi connectivity index (χ1n) is 23.6. The third kappa shape index (κ3) is 7.92. The highest BCUT2D eigenvalue weighted by molar-refractivity contribution is 6.09. The van der Waals surface area contributed by atoms with Gasteiger partial charge in [0.25, 0.3) is 0 Å². The van der Waals surface area contributed by atoms with Crippen LogP contribution in [-0.2, 0) is 0 Å². The average molecular weight is 882 g/mol. The maximum atomic E-state index is 2.40. The number of nitrogens with zero attached hydrogens (tertiary/aromatic N) is 3. The van der Waals surface area contributed by atoms with Crippen molar-refractivity contribution in [2.45, 2.75) is 0 Å². The first-order valence-corrected chi connectivity index (χ1v) is 23.6. The SMILES string of the molecule is c1ccc(-c2cc(-c3ccc(N(c4ccccc4)c4ccc(-n5c6ccccc6c6ccccc65)cc4)cc3)c(-c3ccccc3)cc2-c2ccc(N(c3ccccc3)c3ccccc3)cc2)cc1. The maximum Gasteiger partial charge on any atom is 0.0541 e. The lowest BCUT2D eigenvalue weighted by molar-refractivity contribution is 1.17. The Morgan fingerprint density at radius 1 is 0.217 bits per heavy atom. The molecule has 0 N–H and O–H groups in total. The quantitative estimate of drug-likeness (QED) is 0.128. The molecule has 0 aliphatic heterocycles. The number of hydrogen-bond acceptors (Lipinski definition) is 2. The van der Waals surface area contributed by atoms with Gasteiger partial charge in [-0.15, -0.1) is 0 Å². The molecule has 0 radical (unpaired) electrons. The Balaban J connectivity index is 0.951. The number of benzene rings is 11. The predicted octanol–water partition coefficient (Wildman–Crippen LogP) is 18.4. The van der Waals surface area contributed by atoms with Crippen LogP contribution in [0.3, 0.4) is 0 Å². The fraction of sp³-hybridized carbons (Fsp3) is 0. The predicted molar refractivity (Wildman–Crippen MR) is 292 cm³/mol. The van der Waals surface area contributed by atoms with Crippen LogP contribution in [0.2, 0.25) is 0 Å². The lowest BCUT2D eigenvalue weighted by atomic mass is 9.85. The number of rotatable bonds is 11. The summed E-state index contributed by atoms with van der Waals surface area (Å²) in [6.45, 7) is 0. The van der Waals surface area contributed by atoms with Gasteiger partial charge in [-0.25, -0.2) is 0 Å². The third-order valence-electron chi connectivity index (χ3n) is 13.2. The summed E-state index contributed by atoms with van der Waals surface area (Å²) in [4.78, 5) is 4.65. The Hall–Kier alpha value is -9.18. The molecule has 0 aliphatic carbocycles. The number of para-hydroxylation sites is 5. The van der Waals surface area contributed by atoms with Gasteiger partial charge in [-0.05, 0) is 154 Å². The van der Waals surface area contributed by atoms with Crippen molar-refractivity contribution in [3.8, 4) is 50.2 Å². The second-order valence-corrected chi connectivity index (χ2v) is 17.3. The number of hydrogen-bond donors (Lipinski definition) is 0. The molecule has 0 saturated carbocycles. The van der Waals surface area contributed by atoms with Gasteiger partial charge in [-0.1, -0.05) is 176 Å². The van der Waals surface area contributed by atoms with Gasteiger partial charge in [0.15, 0.2) is 0 Å². The van der Waals surface area contributed by atoms with Crippen molar-refractivity contribution in [2.75, 3.05) is 9.80 Å². The van der Waals surface area contributed by atoms with Gasteiger partial charge in [-0.3, -0.25) is 0 Å². The van der Waals surface area contributed by atoms with Crippen molar-refractivity contribution in [2.24, 2.45) is 0 Å². The molecular weight excluding hydrogens is 835 g/mol. The highest BCUT2D eigenvalue weighted by atomic mass is 15.1. The van der Waals surface area contributed by atoms with Crippen molar-refractivity contribution in [3.63, 3.8) is 0 Å². The minimum atomic E-state index is 1.08. The van der Waals surface area contributed by atoms with Crippen LogP contribution in [-0.4, -0.2) is 4.57 Å². The fourth-order valence-corrected chi connectivity index (χ4v) is 9.95. The molecule has 0 atom stereocenters. The average Bonchev–Trinajstić information content (AvgIpc) is 3.77. The van der Waals surface area contributed by atoms with E-state index in [9.17, 15) is 0 Å². The number of anilines is 6. The molecule has 69 heavy (non-hydrogen) atoms. The zero-order chi connectivity index (χ0) is 45.9. The number of fused-ring (bicyclic) bond motifs is 3. The second kappa shape index (κ2) is 18.2. The van der Waals surface area contributed by atoms with E-state index < -0.39 is 0 Å². The van der Waals surface area contributed by atoms with Gasteiger partial charge >= 0.3 is 0 Å². The summed E-state index contributed by atoms with van der Waals surface area (Å²) in [6, 6.07) is 103. The second-order valence-electron chi connectivity index (χ2n) is 17.3. The van der Waals surface area contributed by atoms with Crippen LogP contribution in [0.25, 0.3) is 72.0 Å². The summed E-state index contributed by atoms with van der Waals surface area (Å²) in [7, 11) is 0. The topological polar surface area (TPSA) is 11.4 Å². The summed E-state index contributed by atoms with van der Waals surface area (Å²) >= 11 is 0. The van der Waals surface area contributed by atoms with Crippen molar-refractivity contribution in [1.82, 2.24) is 4.57 Å². The smallest absolute Gasteiger partial charge is 0.0541 e. The maximum absolute atomic E-state index is 2.40. The standard InChI is InChI=1S/C66H47N3/c1-6-20-48(21-7-1)61-47-64(62(49-22-8-2-9-23-49)46-63(61)50-34-38-55(39-35-50)67(52-24-10-3-11-25-52)53-26-12-4-13-27-53)51-36-40-56(41-37-51)68(54-28-14-5-15-29-54)57-42-44-58(45-43-57)69-65-32-18-16-30-59(65)60-31-17-19-33-66(60)69/h1-47H. The van der Waals surface area contributed by atoms with Gasteiger partial charge in [-0.2, -0.15) is 0 Å². The van der Waals surface area contributed by atoms with Gasteiger partial charge in [0.1, 0.15) is 0 Å². The lowest BCUT2D eigenvalue weighted by Crippen LogP contribution is -2.10. The normalized spacial score (nSPS) is 11.2. The molecular formula is C66H47N3. The van der Waals surface area contributed by atoms with Crippen LogP contribution >= 0.6 is 0 Å². The molecule has 12 aromatic rings. The van der Waals surface area contributed by atoms with Crippen LogP contribution in [0.5, 0.6) is 0 Å². The largest absolute Gasteiger partial charge is 0.311 e. The monoisotopic (exact) mass is 881 g/mol. The molecule has 0 bridgehead atoms. The van der Waals surface area contributed by atoms with E-state index in [1.165, 1.54) is 55.2 Å². The molecule has 3 heteroatoms. The lowest BCUT2D eigenvalue weighted by Gasteiger charge is -2.26. The van der Waals surface area contributed by atoms with E-state index in [4.69, 9.17) is 0 Å². The Morgan fingerprint density at radius 3 is 0.826 bits per heavy atom. The van der Waals surface area contributed by atoms with Crippen LogP contribution in [0.4, 0.5) is 34.1 Å². The molecule has 3 nitrogen and oxygen atoms in total. The molecule has 0 unspecified atom stereocenters. The number of aromatic nitrogens is 1. The van der Waals surface area contributed by atoms with Crippen molar-refractivity contribution >= 4 is 55.9 Å². The van der Waals surface area contributed by atoms with Crippen molar-refractivity contribution in [3.05, 3.63) is 285 Å². The Bertz CT molecular complexity index is 3570. The summed E-state index contributed by atoms with van der Waals surface area (Å²) in [6.07, 6.45) is 0. The molecule has 0 spiro atoms. The molecule has 12 rings (SSSR count). The highest BCUT2D eigenvalue weighted by Gasteiger charge is 2.20. The first-order chi connectivity index (χ1) is 34.2.